The van der Waals surface area contributed by atoms with Crippen LogP contribution in [0.1, 0.15) is 11.1 Å². The van der Waals surface area contributed by atoms with Crippen LogP contribution < -0.4 is 15.2 Å². The molecule has 9 nitrogen and oxygen atoms in total. The number of benzene rings is 2. The maximum Gasteiger partial charge on any atom is 0.365 e. The first-order chi connectivity index (χ1) is 14.2. The molecule has 0 aliphatic heterocycles. The minimum absolute atomic E-state index is 0.170. The quantitative estimate of drug-likeness (QED) is 0.538. The fraction of sp³-hybridized carbons (Fsp3) is 0.150. The molecule has 29 heavy (non-hydrogen) atoms. The Morgan fingerprint density at radius 1 is 1.14 bits per heavy atom. The summed E-state index contributed by atoms with van der Waals surface area (Å²) in [5.74, 6) is 0.742. The second-order valence-electron chi connectivity index (χ2n) is 6.24. The molecule has 0 saturated heterocycles. The zero-order valence-electron chi connectivity index (χ0n) is 15.9. The maximum atomic E-state index is 11.9. The largest absolute Gasteiger partial charge is 0.497 e. The van der Waals surface area contributed by atoms with Gasteiger partial charge in [0, 0.05) is 17.3 Å². The molecule has 0 spiro atoms. The van der Waals surface area contributed by atoms with Crippen molar-refractivity contribution in [3.05, 3.63) is 76.3 Å². The molecular weight excluding hydrogens is 372 g/mol. The van der Waals surface area contributed by atoms with Crippen LogP contribution >= 0.6 is 0 Å². The summed E-state index contributed by atoms with van der Waals surface area (Å²) in [6, 6.07) is 15.2. The number of hydrogen-bond acceptors (Lipinski definition) is 7. The van der Waals surface area contributed by atoms with Crippen molar-refractivity contribution in [1.29, 1.82) is 0 Å². The predicted molar refractivity (Wildman–Crippen MR) is 105 cm³/mol. The van der Waals surface area contributed by atoms with Crippen LogP contribution in [0.25, 0.3) is 16.9 Å². The third kappa shape index (κ3) is 3.84. The van der Waals surface area contributed by atoms with Gasteiger partial charge in [-0.25, -0.2) is 14.9 Å². The van der Waals surface area contributed by atoms with Gasteiger partial charge in [-0.1, -0.05) is 24.3 Å². The van der Waals surface area contributed by atoms with Crippen LogP contribution in [-0.2, 0) is 6.61 Å². The highest BCUT2D eigenvalue weighted by atomic mass is 16.5. The van der Waals surface area contributed by atoms with Crippen LogP contribution in [0, 0.1) is 6.92 Å². The summed E-state index contributed by atoms with van der Waals surface area (Å²) in [7, 11) is 1.62. The minimum atomic E-state index is -0.423. The van der Waals surface area contributed by atoms with Crippen LogP contribution in [0.5, 0.6) is 11.8 Å². The van der Waals surface area contributed by atoms with E-state index < -0.39 is 5.69 Å². The molecule has 0 radical (unpaired) electrons. The van der Waals surface area contributed by atoms with E-state index in [0.717, 1.165) is 22.4 Å². The molecule has 0 atom stereocenters. The van der Waals surface area contributed by atoms with E-state index in [0.29, 0.717) is 11.4 Å². The Morgan fingerprint density at radius 2 is 2.00 bits per heavy atom. The molecule has 4 rings (SSSR count). The number of H-pyrrole nitrogens is 1. The summed E-state index contributed by atoms with van der Waals surface area (Å²) in [6.07, 6.45) is 1.64. The predicted octanol–water partition coefficient (Wildman–Crippen LogP) is 2.31. The molecule has 2 aromatic heterocycles. The van der Waals surface area contributed by atoms with E-state index in [2.05, 4.69) is 25.5 Å². The summed E-state index contributed by atoms with van der Waals surface area (Å²) in [6.45, 7) is 2.10. The summed E-state index contributed by atoms with van der Waals surface area (Å²) in [5.41, 5.74) is 3.51. The van der Waals surface area contributed by atoms with E-state index >= 15 is 0 Å². The van der Waals surface area contributed by atoms with Gasteiger partial charge in [0.05, 0.1) is 18.5 Å². The van der Waals surface area contributed by atoms with Gasteiger partial charge in [0.1, 0.15) is 12.4 Å². The van der Waals surface area contributed by atoms with Crippen molar-refractivity contribution in [3.63, 3.8) is 0 Å². The van der Waals surface area contributed by atoms with Gasteiger partial charge in [0.2, 0.25) is 0 Å². The number of hydrogen-bond donors (Lipinski definition) is 1. The van der Waals surface area contributed by atoms with E-state index in [1.54, 1.807) is 25.4 Å². The summed E-state index contributed by atoms with van der Waals surface area (Å²) in [4.78, 5) is 20.6. The lowest BCUT2D eigenvalue weighted by atomic mass is 10.1. The molecule has 0 bridgehead atoms. The van der Waals surface area contributed by atoms with E-state index in [1.807, 2.05) is 43.3 Å². The molecule has 0 aliphatic rings. The van der Waals surface area contributed by atoms with Crippen molar-refractivity contribution in [2.24, 2.45) is 0 Å². The highest BCUT2D eigenvalue weighted by Crippen LogP contribution is 2.24. The van der Waals surface area contributed by atoms with Gasteiger partial charge in [0.25, 0.3) is 0 Å². The summed E-state index contributed by atoms with van der Waals surface area (Å²) in [5, 5.41) is 9.65. The molecule has 0 saturated carbocycles. The average Bonchev–Trinajstić information content (AvgIpc) is 3.18. The first kappa shape index (κ1) is 18.4. The standard InChI is InChI=1S/C20H18N6O3/c1-13-5-3-8-18(26-20(27)23-24-25-26)16(13)12-29-19-21-10-9-17(22-19)14-6-4-7-15(11-14)28-2/h3-11H,12H2,1-2H3,(H,23,25,27). The van der Waals surface area contributed by atoms with Crippen LogP contribution in [-0.4, -0.2) is 37.3 Å². The SMILES string of the molecule is COc1cccc(-c2ccnc(OCc3c(C)cccc3-n3nn[nH]c3=O)n2)c1. The minimum Gasteiger partial charge on any atom is -0.497 e. The van der Waals surface area contributed by atoms with Crippen molar-refractivity contribution >= 4 is 0 Å². The Kier molecular flexibility index (Phi) is 5.02. The Balaban J connectivity index is 1.61. The van der Waals surface area contributed by atoms with E-state index in [-0.39, 0.29) is 12.6 Å². The highest BCUT2D eigenvalue weighted by molar-refractivity contribution is 5.61. The smallest absolute Gasteiger partial charge is 0.365 e. The molecule has 0 amide bonds. The molecule has 0 aliphatic carbocycles. The molecule has 1 N–H and O–H groups in total. The second-order valence-corrected chi connectivity index (χ2v) is 6.24. The Hall–Kier alpha value is -4.01. The highest BCUT2D eigenvalue weighted by Gasteiger charge is 2.13. The third-order valence-corrected chi connectivity index (χ3v) is 4.43. The number of nitrogens with one attached hydrogen (secondary N) is 1. The maximum absolute atomic E-state index is 11.9. The molecule has 146 valence electrons. The number of tetrazole rings is 1. The topological polar surface area (TPSA) is 108 Å². The molecular formula is C20H18N6O3. The van der Waals surface area contributed by atoms with Gasteiger partial charge < -0.3 is 9.47 Å². The van der Waals surface area contributed by atoms with Gasteiger partial charge >= 0.3 is 11.7 Å². The van der Waals surface area contributed by atoms with Gasteiger partial charge in [-0.3, -0.25) is 0 Å². The Bertz CT molecular complexity index is 1200. The molecule has 0 fully saturated rings. The van der Waals surface area contributed by atoms with E-state index in [4.69, 9.17) is 9.47 Å². The number of nitrogens with zero attached hydrogens (tertiary/aromatic N) is 5. The van der Waals surface area contributed by atoms with E-state index in [9.17, 15) is 4.79 Å². The fourth-order valence-corrected chi connectivity index (χ4v) is 2.92. The van der Waals surface area contributed by atoms with Gasteiger partial charge in [0.15, 0.2) is 0 Å². The number of aromatic amines is 1. The number of methoxy groups -OCH3 is 1. The van der Waals surface area contributed by atoms with Crippen LogP contribution in [0.2, 0.25) is 0 Å². The Labute approximate surface area is 166 Å². The molecule has 4 aromatic rings. The molecule has 2 heterocycles. The molecule has 0 unspecified atom stereocenters. The van der Waals surface area contributed by atoms with Crippen LogP contribution in [0.15, 0.2) is 59.5 Å². The zero-order valence-corrected chi connectivity index (χ0v) is 15.9. The third-order valence-electron chi connectivity index (χ3n) is 4.43. The second kappa shape index (κ2) is 7.93. The van der Waals surface area contributed by atoms with Gasteiger partial charge in [-0.15, -0.1) is 0 Å². The molecule has 2 aromatic carbocycles. The van der Waals surface area contributed by atoms with Crippen molar-refractivity contribution < 1.29 is 9.47 Å². The van der Waals surface area contributed by atoms with E-state index in [1.165, 1.54) is 4.68 Å². The Morgan fingerprint density at radius 3 is 2.79 bits per heavy atom. The monoisotopic (exact) mass is 390 g/mol. The lowest BCUT2D eigenvalue weighted by Gasteiger charge is -2.12. The average molecular weight is 390 g/mol. The van der Waals surface area contributed by atoms with Crippen molar-refractivity contribution in [1.82, 2.24) is 30.2 Å². The first-order valence-corrected chi connectivity index (χ1v) is 8.85. The fourth-order valence-electron chi connectivity index (χ4n) is 2.92. The number of rotatable bonds is 6. The molecule has 9 heteroatoms. The normalized spacial score (nSPS) is 10.7. The van der Waals surface area contributed by atoms with Crippen LogP contribution in [0.3, 0.4) is 0 Å². The summed E-state index contributed by atoms with van der Waals surface area (Å²) >= 11 is 0. The lowest BCUT2D eigenvalue weighted by molar-refractivity contribution is 0.280. The van der Waals surface area contributed by atoms with Gasteiger partial charge in [-0.05, 0) is 47.2 Å². The van der Waals surface area contributed by atoms with Gasteiger partial charge in [-0.2, -0.15) is 9.67 Å². The summed E-state index contributed by atoms with van der Waals surface area (Å²) < 4.78 is 12.3. The number of aryl methyl sites for hydroxylation is 1. The number of ether oxygens (including phenoxy) is 2. The number of aromatic nitrogens is 6. The van der Waals surface area contributed by atoms with Crippen LogP contribution in [0.4, 0.5) is 0 Å². The lowest BCUT2D eigenvalue weighted by Crippen LogP contribution is -2.18. The van der Waals surface area contributed by atoms with Crippen molar-refractivity contribution in [3.8, 4) is 28.7 Å². The zero-order chi connectivity index (χ0) is 20.2. The van der Waals surface area contributed by atoms with Crippen molar-refractivity contribution in [2.75, 3.05) is 7.11 Å². The van der Waals surface area contributed by atoms with Crippen molar-refractivity contribution in [2.45, 2.75) is 13.5 Å². The first-order valence-electron chi connectivity index (χ1n) is 8.85.